The fraction of sp³-hybridized carbons (Fsp3) is 0.625. The molecular formula is C16H25NO2. The summed E-state index contributed by atoms with van der Waals surface area (Å²) in [5, 5.41) is 3.52. The molecule has 1 aromatic carbocycles. The Hall–Kier alpha value is -1.06. The molecule has 1 aromatic rings. The second kappa shape index (κ2) is 7.51. The first-order chi connectivity index (χ1) is 9.31. The molecule has 0 aromatic heterocycles. The van der Waals surface area contributed by atoms with Crippen molar-refractivity contribution < 1.29 is 9.47 Å². The number of rotatable bonds is 9. The Morgan fingerprint density at radius 1 is 1.32 bits per heavy atom. The Bertz CT molecular complexity index is 377. The summed E-state index contributed by atoms with van der Waals surface area (Å²) in [5.74, 6) is 1.81. The Kier molecular flexibility index (Phi) is 5.67. The van der Waals surface area contributed by atoms with Gasteiger partial charge >= 0.3 is 0 Å². The summed E-state index contributed by atoms with van der Waals surface area (Å²) in [6.07, 6.45) is 3.79. The van der Waals surface area contributed by atoms with Crippen molar-refractivity contribution in [2.45, 2.75) is 32.2 Å². The van der Waals surface area contributed by atoms with E-state index in [0.29, 0.717) is 6.04 Å². The summed E-state index contributed by atoms with van der Waals surface area (Å²) < 4.78 is 11.0. The van der Waals surface area contributed by atoms with Crippen molar-refractivity contribution >= 4 is 0 Å². The highest BCUT2D eigenvalue weighted by atomic mass is 16.5. The quantitative estimate of drug-likeness (QED) is 0.694. The van der Waals surface area contributed by atoms with E-state index >= 15 is 0 Å². The molecule has 1 aliphatic carbocycles. The second-order valence-corrected chi connectivity index (χ2v) is 5.29. The number of para-hydroxylation sites is 1. The summed E-state index contributed by atoms with van der Waals surface area (Å²) in [5.41, 5.74) is 1.21. The Labute approximate surface area is 116 Å². The van der Waals surface area contributed by atoms with Gasteiger partial charge in [0.1, 0.15) is 5.75 Å². The van der Waals surface area contributed by atoms with Gasteiger partial charge in [-0.05, 0) is 44.7 Å². The van der Waals surface area contributed by atoms with Crippen molar-refractivity contribution in [3.63, 3.8) is 0 Å². The number of hydrogen-bond acceptors (Lipinski definition) is 3. The fourth-order valence-electron chi connectivity index (χ4n) is 2.16. The third-order valence-corrected chi connectivity index (χ3v) is 3.57. The van der Waals surface area contributed by atoms with Crippen LogP contribution in [0.4, 0.5) is 0 Å². The minimum Gasteiger partial charge on any atom is -0.496 e. The van der Waals surface area contributed by atoms with E-state index in [1.807, 2.05) is 12.1 Å². The lowest BCUT2D eigenvalue weighted by Gasteiger charge is -2.17. The largest absolute Gasteiger partial charge is 0.496 e. The molecule has 0 heterocycles. The maximum atomic E-state index is 5.63. The molecule has 0 radical (unpaired) electrons. The second-order valence-electron chi connectivity index (χ2n) is 5.29. The smallest absolute Gasteiger partial charge is 0.123 e. The molecule has 1 atom stereocenters. The van der Waals surface area contributed by atoms with E-state index in [1.165, 1.54) is 18.4 Å². The highest BCUT2D eigenvalue weighted by Gasteiger charge is 2.20. The molecule has 1 saturated carbocycles. The van der Waals surface area contributed by atoms with Gasteiger partial charge in [-0.1, -0.05) is 18.2 Å². The number of ether oxygens (including phenoxy) is 2. The molecule has 106 valence electrons. The molecule has 1 aliphatic rings. The number of nitrogens with one attached hydrogen (secondary N) is 1. The number of hydrogen-bond donors (Lipinski definition) is 1. The molecule has 0 bridgehead atoms. The zero-order chi connectivity index (χ0) is 13.5. The lowest BCUT2D eigenvalue weighted by atomic mass is 10.1. The maximum absolute atomic E-state index is 5.63. The Morgan fingerprint density at radius 3 is 2.84 bits per heavy atom. The molecule has 19 heavy (non-hydrogen) atoms. The van der Waals surface area contributed by atoms with Gasteiger partial charge in [-0.15, -0.1) is 0 Å². The monoisotopic (exact) mass is 263 g/mol. The third kappa shape index (κ3) is 4.84. The number of methoxy groups -OCH3 is 1. The lowest BCUT2D eigenvalue weighted by Crippen LogP contribution is -2.21. The first-order valence-corrected chi connectivity index (χ1v) is 7.25. The van der Waals surface area contributed by atoms with Crippen LogP contribution in [0.15, 0.2) is 24.3 Å². The minimum atomic E-state index is 0.305. The minimum absolute atomic E-state index is 0.305. The van der Waals surface area contributed by atoms with Crippen molar-refractivity contribution in [3.8, 4) is 5.75 Å². The van der Waals surface area contributed by atoms with Crippen molar-refractivity contribution in [2.75, 3.05) is 26.9 Å². The first-order valence-electron chi connectivity index (χ1n) is 7.25. The Morgan fingerprint density at radius 2 is 2.11 bits per heavy atom. The normalized spacial score (nSPS) is 16.3. The summed E-state index contributed by atoms with van der Waals surface area (Å²) in [6.45, 7) is 4.97. The van der Waals surface area contributed by atoms with Crippen LogP contribution in [-0.4, -0.2) is 26.9 Å². The van der Waals surface area contributed by atoms with Gasteiger partial charge in [0.2, 0.25) is 0 Å². The van der Waals surface area contributed by atoms with Gasteiger partial charge in [-0.3, -0.25) is 0 Å². The summed E-state index contributed by atoms with van der Waals surface area (Å²) in [4.78, 5) is 0. The van der Waals surface area contributed by atoms with E-state index < -0.39 is 0 Å². The predicted molar refractivity (Wildman–Crippen MR) is 77.6 cm³/mol. The highest BCUT2D eigenvalue weighted by molar-refractivity contribution is 5.35. The van der Waals surface area contributed by atoms with Crippen molar-refractivity contribution in [1.82, 2.24) is 5.32 Å². The molecule has 3 nitrogen and oxygen atoms in total. The van der Waals surface area contributed by atoms with Crippen LogP contribution < -0.4 is 10.1 Å². The van der Waals surface area contributed by atoms with Gasteiger partial charge < -0.3 is 14.8 Å². The van der Waals surface area contributed by atoms with Gasteiger partial charge in [-0.2, -0.15) is 0 Å². The zero-order valence-electron chi connectivity index (χ0n) is 12.0. The van der Waals surface area contributed by atoms with Crippen LogP contribution in [0.5, 0.6) is 5.75 Å². The van der Waals surface area contributed by atoms with Gasteiger partial charge in [0, 0.05) is 24.8 Å². The Balaban J connectivity index is 1.63. The van der Waals surface area contributed by atoms with Crippen molar-refractivity contribution in [3.05, 3.63) is 29.8 Å². The first kappa shape index (κ1) is 14.4. The van der Waals surface area contributed by atoms with Crippen molar-refractivity contribution in [1.29, 1.82) is 0 Å². The van der Waals surface area contributed by atoms with Crippen LogP contribution in [-0.2, 0) is 4.74 Å². The molecular weight excluding hydrogens is 238 g/mol. The average molecular weight is 263 g/mol. The third-order valence-electron chi connectivity index (χ3n) is 3.57. The highest BCUT2D eigenvalue weighted by Crippen LogP contribution is 2.28. The van der Waals surface area contributed by atoms with E-state index in [9.17, 15) is 0 Å². The summed E-state index contributed by atoms with van der Waals surface area (Å²) in [6, 6.07) is 8.47. The predicted octanol–water partition coefficient (Wildman–Crippen LogP) is 3.16. The fourth-order valence-corrected chi connectivity index (χ4v) is 2.16. The molecule has 3 heteroatoms. The molecule has 1 fully saturated rings. The van der Waals surface area contributed by atoms with E-state index in [1.54, 1.807) is 7.11 Å². The van der Waals surface area contributed by atoms with Crippen molar-refractivity contribution in [2.24, 2.45) is 5.92 Å². The van der Waals surface area contributed by atoms with E-state index in [4.69, 9.17) is 9.47 Å². The van der Waals surface area contributed by atoms with Gasteiger partial charge in [-0.25, -0.2) is 0 Å². The lowest BCUT2D eigenvalue weighted by molar-refractivity contribution is 0.121. The van der Waals surface area contributed by atoms with Crippen LogP contribution in [0, 0.1) is 5.92 Å². The molecule has 1 unspecified atom stereocenters. The topological polar surface area (TPSA) is 30.5 Å². The van der Waals surface area contributed by atoms with E-state index in [-0.39, 0.29) is 0 Å². The maximum Gasteiger partial charge on any atom is 0.123 e. The standard InChI is InChI=1S/C16H25NO2/c1-13(15-6-3-4-7-16(15)18-2)17-10-5-11-19-12-14-8-9-14/h3-4,6-7,13-14,17H,5,8-12H2,1-2H3. The molecule has 1 N–H and O–H groups in total. The van der Waals surface area contributed by atoms with Crippen LogP contribution >= 0.6 is 0 Å². The van der Waals surface area contributed by atoms with Gasteiger partial charge in [0.15, 0.2) is 0 Å². The summed E-state index contributed by atoms with van der Waals surface area (Å²) >= 11 is 0. The molecule has 0 saturated heterocycles. The van der Waals surface area contributed by atoms with Crippen LogP contribution in [0.25, 0.3) is 0 Å². The van der Waals surface area contributed by atoms with Crippen LogP contribution in [0.1, 0.15) is 37.8 Å². The molecule has 0 spiro atoms. The SMILES string of the molecule is COc1ccccc1C(C)NCCCOCC1CC1. The molecule has 0 amide bonds. The molecule has 0 aliphatic heterocycles. The van der Waals surface area contributed by atoms with Crippen LogP contribution in [0.2, 0.25) is 0 Å². The van der Waals surface area contributed by atoms with Crippen LogP contribution in [0.3, 0.4) is 0 Å². The van der Waals surface area contributed by atoms with Gasteiger partial charge in [0.05, 0.1) is 7.11 Å². The zero-order valence-corrected chi connectivity index (χ0v) is 12.0. The molecule has 2 rings (SSSR count). The van der Waals surface area contributed by atoms with E-state index in [0.717, 1.165) is 37.8 Å². The average Bonchev–Trinajstić information content (AvgIpc) is 3.26. The summed E-state index contributed by atoms with van der Waals surface area (Å²) in [7, 11) is 1.72. The van der Waals surface area contributed by atoms with E-state index in [2.05, 4.69) is 24.4 Å². The number of benzene rings is 1. The van der Waals surface area contributed by atoms with Gasteiger partial charge in [0.25, 0.3) is 0 Å².